The third kappa shape index (κ3) is 4.16. The molecule has 1 saturated heterocycles. The van der Waals surface area contributed by atoms with Gasteiger partial charge < -0.3 is 14.7 Å². The number of rotatable bonds is 3. The summed E-state index contributed by atoms with van der Waals surface area (Å²) in [7, 11) is 0. The van der Waals surface area contributed by atoms with E-state index in [1.165, 1.54) is 0 Å². The molecule has 4 heteroatoms. The number of amides is 1. The van der Waals surface area contributed by atoms with E-state index in [9.17, 15) is 9.90 Å². The van der Waals surface area contributed by atoms with Gasteiger partial charge in [-0.2, -0.15) is 0 Å². The Balaban J connectivity index is 2.65. The molecule has 1 rings (SSSR count). The summed E-state index contributed by atoms with van der Waals surface area (Å²) in [6.07, 6.45) is 3.62. The highest BCUT2D eigenvalue weighted by atomic mass is 16.6. The van der Waals surface area contributed by atoms with Crippen molar-refractivity contribution in [1.29, 1.82) is 0 Å². The van der Waals surface area contributed by atoms with Crippen molar-refractivity contribution in [3.8, 4) is 0 Å². The van der Waals surface area contributed by atoms with Gasteiger partial charge in [0.2, 0.25) is 0 Å². The first-order chi connectivity index (χ1) is 8.32. The smallest absolute Gasteiger partial charge is 0.410 e. The van der Waals surface area contributed by atoms with Crippen molar-refractivity contribution in [2.45, 2.75) is 59.0 Å². The van der Waals surface area contributed by atoms with E-state index in [1.54, 1.807) is 4.90 Å². The molecule has 0 saturated carbocycles. The number of hydrogen-bond acceptors (Lipinski definition) is 3. The summed E-state index contributed by atoms with van der Waals surface area (Å²) in [6.45, 7) is 9.45. The molecule has 1 amide bonds. The molecule has 0 spiro atoms. The summed E-state index contributed by atoms with van der Waals surface area (Å²) in [5, 5.41) is 9.19. The van der Waals surface area contributed by atoms with Gasteiger partial charge in [0.25, 0.3) is 0 Å². The van der Waals surface area contributed by atoms with Crippen LogP contribution < -0.4 is 0 Å². The lowest BCUT2D eigenvalue weighted by atomic mass is 9.75. The van der Waals surface area contributed by atoms with E-state index in [0.29, 0.717) is 6.54 Å². The predicted octanol–water partition coefficient (Wildman–Crippen LogP) is 2.80. The standard InChI is InChI=1S/C14H27NO3/c1-5-14(8-10-16)7-6-9-15(11-14)12(17)18-13(2,3)4/h16H,5-11H2,1-4H3/t14-/m1/s1. The zero-order valence-electron chi connectivity index (χ0n) is 12.2. The molecule has 0 aromatic carbocycles. The van der Waals surface area contributed by atoms with Gasteiger partial charge in [-0.15, -0.1) is 0 Å². The Bertz CT molecular complexity index is 281. The topological polar surface area (TPSA) is 49.8 Å². The van der Waals surface area contributed by atoms with E-state index in [0.717, 1.165) is 32.2 Å². The lowest BCUT2D eigenvalue weighted by molar-refractivity contribution is -0.00141. The Morgan fingerprint density at radius 2 is 2.11 bits per heavy atom. The van der Waals surface area contributed by atoms with Crippen molar-refractivity contribution < 1.29 is 14.6 Å². The first kappa shape index (κ1) is 15.3. The van der Waals surface area contributed by atoms with Gasteiger partial charge in [0.05, 0.1) is 0 Å². The largest absolute Gasteiger partial charge is 0.444 e. The van der Waals surface area contributed by atoms with Gasteiger partial charge in [0.1, 0.15) is 5.60 Å². The second-order valence-electron chi connectivity index (χ2n) is 6.33. The van der Waals surface area contributed by atoms with Crippen molar-refractivity contribution in [2.75, 3.05) is 19.7 Å². The third-order valence-electron chi connectivity index (χ3n) is 3.71. The predicted molar refractivity (Wildman–Crippen MR) is 71.5 cm³/mol. The molecule has 0 aliphatic carbocycles. The maximum atomic E-state index is 12.1. The highest BCUT2D eigenvalue weighted by Gasteiger charge is 2.36. The van der Waals surface area contributed by atoms with E-state index in [-0.39, 0.29) is 18.1 Å². The van der Waals surface area contributed by atoms with Crippen molar-refractivity contribution in [3.05, 3.63) is 0 Å². The van der Waals surface area contributed by atoms with Crippen LogP contribution in [0.15, 0.2) is 0 Å². The summed E-state index contributed by atoms with van der Waals surface area (Å²) in [5.74, 6) is 0. The first-order valence-corrected chi connectivity index (χ1v) is 6.91. The van der Waals surface area contributed by atoms with Gasteiger partial charge in [0.15, 0.2) is 0 Å². The maximum Gasteiger partial charge on any atom is 0.410 e. The number of carbonyl (C=O) groups is 1. The number of hydrogen-bond donors (Lipinski definition) is 1. The van der Waals surface area contributed by atoms with E-state index < -0.39 is 5.60 Å². The van der Waals surface area contributed by atoms with Crippen LogP contribution in [0, 0.1) is 5.41 Å². The molecule has 1 heterocycles. The van der Waals surface area contributed by atoms with Crippen LogP contribution in [0.5, 0.6) is 0 Å². The second kappa shape index (κ2) is 5.91. The molecule has 18 heavy (non-hydrogen) atoms. The Morgan fingerprint density at radius 1 is 1.44 bits per heavy atom. The number of carbonyl (C=O) groups excluding carboxylic acids is 1. The van der Waals surface area contributed by atoms with Crippen molar-refractivity contribution >= 4 is 6.09 Å². The molecular formula is C14H27NO3. The summed E-state index contributed by atoms with van der Waals surface area (Å²) in [6, 6.07) is 0. The van der Waals surface area contributed by atoms with Crippen LogP contribution >= 0.6 is 0 Å². The molecule has 0 aromatic rings. The molecule has 4 nitrogen and oxygen atoms in total. The molecule has 106 valence electrons. The molecule has 1 fully saturated rings. The van der Waals surface area contributed by atoms with Gasteiger partial charge in [-0.3, -0.25) is 0 Å². The Hall–Kier alpha value is -0.770. The summed E-state index contributed by atoms with van der Waals surface area (Å²) < 4.78 is 5.42. The highest BCUT2D eigenvalue weighted by molar-refractivity contribution is 5.68. The fourth-order valence-corrected chi connectivity index (χ4v) is 2.60. The van der Waals surface area contributed by atoms with Crippen LogP contribution in [0.3, 0.4) is 0 Å². The van der Waals surface area contributed by atoms with Crippen LogP contribution in [0.1, 0.15) is 53.4 Å². The minimum absolute atomic E-state index is 0.0733. The van der Waals surface area contributed by atoms with Gasteiger partial charge in [-0.05, 0) is 51.9 Å². The third-order valence-corrected chi connectivity index (χ3v) is 3.71. The SMILES string of the molecule is CC[C@]1(CCO)CCCN(C(=O)OC(C)(C)C)C1. The van der Waals surface area contributed by atoms with E-state index in [1.807, 2.05) is 20.8 Å². The van der Waals surface area contributed by atoms with Crippen molar-refractivity contribution in [1.82, 2.24) is 4.90 Å². The maximum absolute atomic E-state index is 12.1. The van der Waals surface area contributed by atoms with Gasteiger partial charge in [-0.1, -0.05) is 6.92 Å². The fraction of sp³-hybridized carbons (Fsp3) is 0.929. The first-order valence-electron chi connectivity index (χ1n) is 6.91. The molecule has 1 aliphatic rings. The number of aliphatic hydroxyl groups excluding tert-OH is 1. The van der Waals surface area contributed by atoms with Crippen molar-refractivity contribution in [3.63, 3.8) is 0 Å². The summed E-state index contributed by atoms with van der Waals surface area (Å²) >= 11 is 0. The van der Waals surface area contributed by atoms with Gasteiger partial charge in [0, 0.05) is 19.7 Å². The molecular weight excluding hydrogens is 230 g/mol. The molecule has 1 aliphatic heterocycles. The van der Waals surface area contributed by atoms with Crippen LogP contribution in [0.2, 0.25) is 0 Å². The quantitative estimate of drug-likeness (QED) is 0.845. The van der Waals surface area contributed by atoms with E-state index >= 15 is 0 Å². The Morgan fingerprint density at radius 3 is 2.61 bits per heavy atom. The number of nitrogens with zero attached hydrogens (tertiary/aromatic N) is 1. The van der Waals surface area contributed by atoms with Crippen LogP contribution in [0.4, 0.5) is 4.79 Å². The lowest BCUT2D eigenvalue weighted by Crippen LogP contribution is -2.48. The minimum atomic E-state index is -0.444. The average molecular weight is 257 g/mol. The van der Waals surface area contributed by atoms with Crippen LogP contribution in [0.25, 0.3) is 0 Å². The molecule has 0 radical (unpaired) electrons. The molecule has 1 N–H and O–H groups in total. The summed E-state index contributed by atoms with van der Waals surface area (Å²) in [5.41, 5.74) is -0.371. The Labute approximate surface area is 110 Å². The highest BCUT2D eigenvalue weighted by Crippen LogP contribution is 2.36. The number of aliphatic hydroxyl groups is 1. The zero-order chi connectivity index (χ0) is 13.8. The van der Waals surface area contributed by atoms with Crippen LogP contribution in [-0.4, -0.2) is 41.4 Å². The monoisotopic (exact) mass is 257 g/mol. The second-order valence-corrected chi connectivity index (χ2v) is 6.33. The number of likely N-dealkylation sites (tertiary alicyclic amines) is 1. The number of ether oxygens (including phenoxy) is 1. The fourth-order valence-electron chi connectivity index (χ4n) is 2.60. The van der Waals surface area contributed by atoms with Crippen molar-refractivity contribution in [2.24, 2.45) is 5.41 Å². The summed E-state index contributed by atoms with van der Waals surface area (Å²) in [4.78, 5) is 13.9. The van der Waals surface area contributed by atoms with E-state index in [4.69, 9.17) is 4.74 Å². The zero-order valence-corrected chi connectivity index (χ0v) is 12.2. The van der Waals surface area contributed by atoms with E-state index in [2.05, 4.69) is 6.92 Å². The molecule has 0 aromatic heterocycles. The molecule has 0 bridgehead atoms. The van der Waals surface area contributed by atoms with Crippen LogP contribution in [-0.2, 0) is 4.74 Å². The molecule has 1 atom stereocenters. The van der Waals surface area contributed by atoms with Gasteiger partial charge >= 0.3 is 6.09 Å². The molecule has 0 unspecified atom stereocenters. The normalized spacial score (nSPS) is 25.1. The minimum Gasteiger partial charge on any atom is -0.444 e. The Kier molecular flexibility index (Phi) is 5.02. The average Bonchev–Trinajstić information content (AvgIpc) is 2.27. The lowest BCUT2D eigenvalue weighted by Gasteiger charge is -2.42. The number of piperidine rings is 1. The van der Waals surface area contributed by atoms with Gasteiger partial charge in [-0.25, -0.2) is 4.79 Å².